The maximum absolute atomic E-state index is 7.98. The lowest BCUT2D eigenvalue weighted by atomic mass is 9.99. The van der Waals surface area contributed by atoms with Gasteiger partial charge >= 0.3 is 0 Å². The van der Waals surface area contributed by atoms with E-state index in [0.717, 1.165) is 22.3 Å². The smallest absolute Gasteiger partial charge is 0.210 e. The Hall–Kier alpha value is -6.15. The fraction of sp³-hybridized carbons (Fsp3) is 0. The van der Waals surface area contributed by atoms with Crippen LogP contribution in [0.3, 0.4) is 0 Å². The summed E-state index contributed by atoms with van der Waals surface area (Å²) in [5.41, 5.74) is 9.75. The van der Waals surface area contributed by atoms with Crippen molar-refractivity contribution >= 4 is 80.8 Å². The van der Waals surface area contributed by atoms with E-state index in [-0.39, 0.29) is 0 Å². The minimum atomic E-state index is 0.640. The fourth-order valence-corrected chi connectivity index (χ4v) is 8.94. The first-order chi connectivity index (χ1) is 23.3. The summed E-state index contributed by atoms with van der Waals surface area (Å²) in [6.07, 6.45) is 0. The summed E-state index contributed by atoms with van der Waals surface area (Å²) in [4.78, 5) is 3.93. The highest BCUT2D eigenvalue weighted by Crippen LogP contribution is 2.47. The lowest BCUT2D eigenvalue weighted by Crippen LogP contribution is -1.95. The number of hydrogen-bond acceptors (Lipinski definition) is 1. The zero-order valence-corrected chi connectivity index (χ0v) is 26.0. The van der Waals surface area contributed by atoms with E-state index in [0.29, 0.717) is 5.69 Å². The van der Waals surface area contributed by atoms with Gasteiger partial charge in [-0.2, -0.15) is 0 Å². The van der Waals surface area contributed by atoms with Gasteiger partial charge in [-0.15, -0.1) is 11.3 Å². The van der Waals surface area contributed by atoms with Crippen LogP contribution in [0.5, 0.6) is 0 Å². The molecule has 0 unspecified atom stereocenters. The summed E-state index contributed by atoms with van der Waals surface area (Å²) in [5.74, 6) is 0. The van der Waals surface area contributed by atoms with E-state index < -0.39 is 0 Å². The standard InChI is InChI=1S/C43H25N3S/c1-44-35-21-5-9-25-39(35)46-38-24-8-4-15-29(38)30-16-10-17-31(41(30)46)32-18-11-19-33-34-20-12-26-40(43(34)47-42(32)33)45-36-22-6-2-13-27(36)28-14-3-7-23-37(28)45/h2-26H. The van der Waals surface area contributed by atoms with Crippen LogP contribution in [0.1, 0.15) is 0 Å². The molecule has 0 spiro atoms. The second kappa shape index (κ2) is 9.92. The fourth-order valence-electron chi connectivity index (χ4n) is 7.61. The van der Waals surface area contributed by atoms with E-state index in [2.05, 4.69) is 147 Å². The molecule has 218 valence electrons. The number of aromatic nitrogens is 2. The molecule has 0 aliphatic heterocycles. The van der Waals surface area contributed by atoms with Gasteiger partial charge in [-0.3, -0.25) is 0 Å². The predicted octanol–water partition coefficient (Wildman–Crippen LogP) is 12.5. The van der Waals surface area contributed by atoms with Crippen LogP contribution in [0.4, 0.5) is 5.69 Å². The van der Waals surface area contributed by atoms with Crippen molar-refractivity contribution in [2.24, 2.45) is 0 Å². The van der Waals surface area contributed by atoms with Crippen LogP contribution in [-0.4, -0.2) is 9.13 Å². The minimum Gasteiger partial charge on any atom is -0.318 e. The minimum absolute atomic E-state index is 0.640. The lowest BCUT2D eigenvalue weighted by Gasteiger charge is -2.13. The van der Waals surface area contributed by atoms with Crippen LogP contribution >= 0.6 is 11.3 Å². The Morgan fingerprint density at radius 3 is 1.60 bits per heavy atom. The zero-order valence-electron chi connectivity index (χ0n) is 25.2. The SMILES string of the molecule is [C-]#[N+]c1ccccc1-n1c2ccccc2c2cccc(-c3cccc4c3sc3c(-n5c6ccccc6c6ccccc65)cccc34)c21. The third kappa shape index (κ3) is 3.60. The van der Waals surface area contributed by atoms with Gasteiger partial charge in [0.1, 0.15) is 0 Å². The highest BCUT2D eigenvalue weighted by molar-refractivity contribution is 7.26. The van der Waals surface area contributed by atoms with Gasteiger partial charge in [-0.25, -0.2) is 4.85 Å². The van der Waals surface area contributed by atoms with Crippen molar-refractivity contribution in [2.75, 3.05) is 0 Å². The maximum Gasteiger partial charge on any atom is 0.210 e. The Balaban J connectivity index is 1.31. The first kappa shape index (κ1) is 26.1. The van der Waals surface area contributed by atoms with Crippen LogP contribution in [0.2, 0.25) is 0 Å². The van der Waals surface area contributed by atoms with Crippen molar-refractivity contribution in [3.05, 3.63) is 163 Å². The number of para-hydroxylation sites is 6. The topological polar surface area (TPSA) is 14.2 Å². The van der Waals surface area contributed by atoms with Gasteiger partial charge in [0.15, 0.2) is 0 Å². The number of nitrogens with zero attached hydrogens (tertiary/aromatic N) is 3. The number of hydrogen-bond donors (Lipinski definition) is 0. The van der Waals surface area contributed by atoms with Crippen molar-refractivity contribution < 1.29 is 0 Å². The molecule has 3 nitrogen and oxygen atoms in total. The van der Waals surface area contributed by atoms with Gasteiger partial charge in [-0.05, 0) is 30.3 Å². The number of rotatable bonds is 3. The van der Waals surface area contributed by atoms with Crippen LogP contribution < -0.4 is 0 Å². The van der Waals surface area contributed by atoms with E-state index in [1.807, 2.05) is 29.5 Å². The van der Waals surface area contributed by atoms with Gasteiger partial charge in [-0.1, -0.05) is 121 Å². The third-order valence-corrected chi connectivity index (χ3v) is 10.8. The molecule has 7 aromatic carbocycles. The summed E-state index contributed by atoms with van der Waals surface area (Å²) in [7, 11) is 0. The molecule has 0 amide bonds. The van der Waals surface area contributed by atoms with Gasteiger partial charge in [0.2, 0.25) is 5.69 Å². The highest BCUT2D eigenvalue weighted by atomic mass is 32.1. The van der Waals surface area contributed by atoms with Crippen molar-refractivity contribution in [1.29, 1.82) is 0 Å². The Morgan fingerprint density at radius 1 is 0.404 bits per heavy atom. The zero-order chi connectivity index (χ0) is 31.1. The molecule has 0 saturated heterocycles. The van der Waals surface area contributed by atoms with Crippen molar-refractivity contribution in [1.82, 2.24) is 9.13 Å². The Morgan fingerprint density at radius 2 is 0.894 bits per heavy atom. The van der Waals surface area contributed by atoms with Gasteiger partial charge < -0.3 is 9.13 Å². The molecule has 10 rings (SSSR count). The van der Waals surface area contributed by atoms with E-state index >= 15 is 0 Å². The van der Waals surface area contributed by atoms with Crippen LogP contribution in [0.15, 0.2) is 152 Å². The third-order valence-electron chi connectivity index (χ3n) is 9.55. The molecule has 0 saturated carbocycles. The van der Waals surface area contributed by atoms with Crippen molar-refractivity contribution in [2.45, 2.75) is 0 Å². The molecule has 0 aliphatic rings. The molecular formula is C43H25N3S. The Bertz CT molecular complexity index is 2880. The molecular weight excluding hydrogens is 591 g/mol. The second-order valence-corrected chi connectivity index (χ2v) is 13.0. The van der Waals surface area contributed by atoms with E-state index in [1.165, 1.54) is 64.0 Å². The van der Waals surface area contributed by atoms with Gasteiger partial charge in [0.05, 0.1) is 44.7 Å². The second-order valence-electron chi connectivity index (χ2n) is 12.0. The average molecular weight is 616 g/mol. The Kier molecular flexibility index (Phi) is 5.51. The maximum atomic E-state index is 7.98. The summed E-state index contributed by atoms with van der Waals surface area (Å²) < 4.78 is 7.26. The number of benzene rings is 7. The molecule has 0 bridgehead atoms. The molecule has 3 aromatic heterocycles. The van der Waals surface area contributed by atoms with Gasteiger partial charge in [0, 0.05) is 48.1 Å². The summed E-state index contributed by atoms with van der Waals surface area (Å²) in [5, 5.41) is 7.41. The van der Waals surface area contributed by atoms with Crippen molar-refractivity contribution in [3.8, 4) is 22.5 Å². The molecule has 0 atom stereocenters. The summed E-state index contributed by atoms with van der Waals surface area (Å²) in [6, 6.07) is 54.0. The van der Waals surface area contributed by atoms with E-state index in [9.17, 15) is 0 Å². The molecule has 10 aromatic rings. The molecule has 3 heterocycles. The van der Waals surface area contributed by atoms with Crippen LogP contribution in [-0.2, 0) is 0 Å². The normalized spacial score (nSPS) is 11.8. The quantitative estimate of drug-likeness (QED) is 0.176. The lowest BCUT2D eigenvalue weighted by molar-refractivity contribution is 1.19. The average Bonchev–Trinajstić information content (AvgIpc) is 3.80. The molecule has 4 heteroatoms. The van der Waals surface area contributed by atoms with Gasteiger partial charge in [0.25, 0.3) is 0 Å². The molecule has 0 aliphatic carbocycles. The van der Waals surface area contributed by atoms with Crippen molar-refractivity contribution in [3.63, 3.8) is 0 Å². The largest absolute Gasteiger partial charge is 0.318 e. The number of fused-ring (bicyclic) bond motifs is 9. The summed E-state index contributed by atoms with van der Waals surface area (Å²) >= 11 is 1.87. The first-order valence-corrected chi connectivity index (χ1v) is 16.6. The Labute approximate surface area is 274 Å². The summed E-state index contributed by atoms with van der Waals surface area (Å²) in [6.45, 7) is 7.98. The highest BCUT2D eigenvalue weighted by Gasteiger charge is 2.21. The van der Waals surface area contributed by atoms with E-state index in [1.54, 1.807) is 0 Å². The number of thiophene rings is 1. The molecule has 47 heavy (non-hydrogen) atoms. The predicted molar refractivity (Wildman–Crippen MR) is 200 cm³/mol. The molecule has 0 radical (unpaired) electrons. The molecule has 0 fully saturated rings. The van der Waals surface area contributed by atoms with Crippen LogP contribution in [0.25, 0.3) is 91.1 Å². The first-order valence-electron chi connectivity index (χ1n) is 15.7. The monoisotopic (exact) mass is 615 g/mol. The molecule has 0 N–H and O–H groups in total. The van der Waals surface area contributed by atoms with Crippen LogP contribution in [0, 0.1) is 6.57 Å². The van der Waals surface area contributed by atoms with E-state index in [4.69, 9.17) is 6.57 Å².